The third kappa shape index (κ3) is 2.89. The molecule has 0 aliphatic heterocycles. The smallest absolute Gasteiger partial charge is 0.109 e. The van der Waals surface area contributed by atoms with Crippen molar-refractivity contribution < 1.29 is 0 Å². The molecule has 2 N–H and O–H groups in total. The van der Waals surface area contributed by atoms with Crippen LogP contribution in [0, 0.1) is 6.92 Å². The zero-order chi connectivity index (χ0) is 21.8. The van der Waals surface area contributed by atoms with Crippen LogP contribution in [0.1, 0.15) is 31.4 Å². The number of hydrogen-bond acceptors (Lipinski definition) is 3. The van der Waals surface area contributed by atoms with Crippen molar-refractivity contribution in [3.8, 4) is 22.4 Å². The first-order valence-corrected chi connectivity index (χ1v) is 10.9. The van der Waals surface area contributed by atoms with E-state index in [9.17, 15) is 0 Å². The van der Waals surface area contributed by atoms with Crippen molar-refractivity contribution in [2.24, 2.45) is 0 Å². The van der Waals surface area contributed by atoms with Crippen LogP contribution in [-0.2, 0) is 0 Å². The molecule has 0 aliphatic rings. The molecule has 3 aromatic heterocycles. The third-order valence-corrected chi connectivity index (χ3v) is 6.11. The molecule has 32 heavy (non-hydrogen) atoms. The molecule has 6 rings (SSSR count). The zero-order valence-corrected chi connectivity index (χ0v) is 18.3. The van der Waals surface area contributed by atoms with E-state index in [1.165, 1.54) is 11.1 Å². The first-order chi connectivity index (χ1) is 15.6. The van der Waals surface area contributed by atoms with Crippen molar-refractivity contribution in [2.75, 3.05) is 0 Å². The van der Waals surface area contributed by atoms with Gasteiger partial charge in [-0.25, -0.2) is 9.97 Å². The maximum Gasteiger partial charge on any atom is 0.109 e. The second kappa shape index (κ2) is 7.02. The first-order valence-electron chi connectivity index (χ1n) is 10.9. The lowest BCUT2D eigenvalue weighted by atomic mass is 9.97. The van der Waals surface area contributed by atoms with Crippen molar-refractivity contribution in [2.45, 2.75) is 26.7 Å². The van der Waals surface area contributed by atoms with Crippen molar-refractivity contribution >= 4 is 32.7 Å². The van der Waals surface area contributed by atoms with Gasteiger partial charge in [-0.3, -0.25) is 4.98 Å². The van der Waals surface area contributed by atoms with Crippen LogP contribution >= 0.6 is 0 Å². The van der Waals surface area contributed by atoms with Crippen LogP contribution in [0.15, 0.2) is 67.0 Å². The average Bonchev–Trinajstić information content (AvgIpc) is 3.46. The standard InChI is InChI=1S/C27H23N5/c1-15(2)27-31-25-20-11-10-19(13-22(20)24-21(26(25)32-27)5-4-12-28-24)17-6-8-18(9-7-17)23-14-29-16(3)30-23/h4-15H,1-3H3,(H,29,30)(H,31,32). The van der Waals surface area contributed by atoms with Gasteiger partial charge in [0.1, 0.15) is 11.6 Å². The summed E-state index contributed by atoms with van der Waals surface area (Å²) in [5.41, 5.74) is 7.57. The minimum absolute atomic E-state index is 0.334. The van der Waals surface area contributed by atoms with E-state index in [2.05, 4.69) is 77.3 Å². The fraction of sp³-hybridized carbons (Fsp3) is 0.148. The van der Waals surface area contributed by atoms with Gasteiger partial charge >= 0.3 is 0 Å². The predicted molar refractivity (Wildman–Crippen MR) is 131 cm³/mol. The number of aromatic amines is 2. The highest BCUT2D eigenvalue weighted by Crippen LogP contribution is 2.36. The highest BCUT2D eigenvalue weighted by atomic mass is 14.9. The molecule has 6 aromatic rings. The molecule has 156 valence electrons. The molecule has 0 radical (unpaired) electrons. The molecule has 5 nitrogen and oxygen atoms in total. The second-order valence-corrected chi connectivity index (χ2v) is 8.62. The molecule has 0 saturated heterocycles. The molecule has 0 bridgehead atoms. The lowest BCUT2D eigenvalue weighted by Crippen LogP contribution is -1.88. The van der Waals surface area contributed by atoms with E-state index in [4.69, 9.17) is 9.97 Å². The van der Waals surface area contributed by atoms with Crippen LogP contribution in [-0.4, -0.2) is 24.9 Å². The third-order valence-electron chi connectivity index (χ3n) is 6.11. The van der Waals surface area contributed by atoms with E-state index in [-0.39, 0.29) is 0 Å². The van der Waals surface area contributed by atoms with Crippen LogP contribution < -0.4 is 0 Å². The largest absolute Gasteiger partial charge is 0.342 e. The Morgan fingerprint density at radius 1 is 0.750 bits per heavy atom. The van der Waals surface area contributed by atoms with Gasteiger partial charge < -0.3 is 9.97 Å². The quantitative estimate of drug-likeness (QED) is 0.313. The van der Waals surface area contributed by atoms with Gasteiger partial charge in [0.2, 0.25) is 0 Å². The molecule has 0 aliphatic carbocycles. The summed E-state index contributed by atoms with van der Waals surface area (Å²) in [5.74, 6) is 2.26. The number of nitrogens with zero attached hydrogens (tertiary/aromatic N) is 3. The maximum atomic E-state index is 4.91. The number of fused-ring (bicyclic) bond motifs is 6. The lowest BCUT2D eigenvalue weighted by Gasteiger charge is -2.09. The number of nitrogens with one attached hydrogen (secondary N) is 2. The van der Waals surface area contributed by atoms with Crippen LogP contribution in [0.25, 0.3) is 55.1 Å². The Hall–Kier alpha value is -3.99. The molecule has 0 unspecified atom stereocenters. The zero-order valence-electron chi connectivity index (χ0n) is 18.3. The molecular weight excluding hydrogens is 394 g/mol. The maximum absolute atomic E-state index is 4.91. The van der Waals surface area contributed by atoms with Gasteiger partial charge in [0.05, 0.1) is 28.4 Å². The summed E-state index contributed by atoms with van der Waals surface area (Å²) >= 11 is 0. The van der Waals surface area contributed by atoms with Gasteiger partial charge in [0.15, 0.2) is 0 Å². The van der Waals surface area contributed by atoms with Gasteiger partial charge in [-0.15, -0.1) is 0 Å². The summed E-state index contributed by atoms with van der Waals surface area (Å²) in [5, 5.41) is 3.37. The minimum atomic E-state index is 0.334. The molecule has 0 amide bonds. The SMILES string of the molecule is Cc1ncc(-c2ccc(-c3ccc4c(c3)c3ncccc3c3nc(C(C)C)[nH]c43)cc2)[nH]1. The fourth-order valence-electron chi connectivity index (χ4n) is 4.41. The predicted octanol–water partition coefficient (Wildman–Crippen LogP) is 6.75. The van der Waals surface area contributed by atoms with Crippen molar-refractivity contribution in [1.29, 1.82) is 0 Å². The van der Waals surface area contributed by atoms with E-state index >= 15 is 0 Å². The molecule has 3 heterocycles. The summed E-state index contributed by atoms with van der Waals surface area (Å²) in [6.07, 6.45) is 3.73. The Kier molecular flexibility index (Phi) is 4.12. The lowest BCUT2D eigenvalue weighted by molar-refractivity contribution is 0.799. The molecular formula is C27H23N5. The van der Waals surface area contributed by atoms with E-state index in [0.29, 0.717) is 5.92 Å². The van der Waals surface area contributed by atoms with Gasteiger partial charge in [0, 0.05) is 28.3 Å². The molecule has 0 fully saturated rings. The molecule has 3 aromatic carbocycles. The van der Waals surface area contributed by atoms with Crippen LogP contribution in [0.5, 0.6) is 0 Å². The summed E-state index contributed by atoms with van der Waals surface area (Å²) in [4.78, 5) is 20.8. The van der Waals surface area contributed by atoms with Gasteiger partial charge in [-0.1, -0.05) is 50.2 Å². The van der Waals surface area contributed by atoms with Gasteiger partial charge in [-0.05, 0) is 41.8 Å². The van der Waals surface area contributed by atoms with E-state index in [1.54, 1.807) is 0 Å². The van der Waals surface area contributed by atoms with E-state index < -0.39 is 0 Å². The number of aromatic nitrogens is 5. The number of rotatable bonds is 3. The van der Waals surface area contributed by atoms with Gasteiger partial charge in [-0.2, -0.15) is 0 Å². The highest BCUT2D eigenvalue weighted by molar-refractivity contribution is 6.22. The number of H-pyrrole nitrogens is 2. The Bertz CT molecular complexity index is 1600. The van der Waals surface area contributed by atoms with Crippen LogP contribution in [0.3, 0.4) is 0 Å². The van der Waals surface area contributed by atoms with Gasteiger partial charge in [0.25, 0.3) is 0 Å². The second-order valence-electron chi connectivity index (χ2n) is 8.62. The summed E-state index contributed by atoms with van der Waals surface area (Å²) in [6, 6.07) is 19.3. The van der Waals surface area contributed by atoms with Crippen molar-refractivity contribution in [3.63, 3.8) is 0 Å². The number of aryl methyl sites for hydroxylation is 1. The van der Waals surface area contributed by atoms with Crippen molar-refractivity contribution in [1.82, 2.24) is 24.9 Å². The first kappa shape index (κ1) is 18.8. The molecule has 0 saturated carbocycles. The molecule has 5 heteroatoms. The average molecular weight is 418 g/mol. The molecule has 0 atom stereocenters. The number of pyridine rings is 1. The topological polar surface area (TPSA) is 70.2 Å². The molecule has 0 spiro atoms. The van der Waals surface area contributed by atoms with Crippen LogP contribution in [0.2, 0.25) is 0 Å². The Labute approximate surface area is 185 Å². The fourth-order valence-corrected chi connectivity index (χ4v) is 4.41. The number of hydrogen-bond donors (Lipinski definition) is 2. The summed E-state index contributed by atoms with van der Waals surface area (Å²) in [6.45, 7) is 6.28. The van der Waals surface area contributed by atoms with Crippen molar-refractivity contribution in [3.05, 3.63) is 78.6 Å². The minimum Gasteiger partial charge on any atom is -0.342 e. The summed E-state index contributed by atoms with van der Waals surface area (Å²) < 4.78 is 0. The Morgan fingerprint density at radius 2 is 1.53 bits per heavy atom. The monoisotopic (exact) mass is 417 g/mol. The van der Waals surface area contributed by atoms with E-state index in [0.717, 1.165) is 55.6 Å². The number of benzene rings is 3. The van der Waals surface area contributed by atoms with E-state index in [1.807, 2.05) is 25.4 Å². The summed E-state index contributed by atoms with van der Waals surface area (Å²) in [7, 11) is 0. The van der Waals surface area contributed by atoms with Crippen LogP contribution in [0.4, 0.5) is 0 Å². The number of imidazole rings is 2. The Morgan fingerprint density at radius 3 is 2.28 bits per heavy atom. The normalized spacial score (nSPS) is 11.9. The highest BCUT2D eigenvalue weighted by Gasteiger charge is 2.15. The Balaban J connectivity index is 1.54.